The van der Waals surface area contributed by atoms with Crippen LogP contribution >= 0.6 is 0 Å². The minimum absolute atomic E-state index is 0.0127. The van der Waals surface area contributed by atoms with E-state index in [9.17, 15) is 14.5 Å². The van der Waals surface area contributed by atoms with Crippen LogP contribution in [0.2, 0.25) is 0 Å². The number of aliphatic imine (C=N–C) groups is 1. The zero-order valence-corrected chi connectivity index (χ0v) is 20.0. The number of hydrogen-bond donors (Lipinski definition) is 1. The second-order valence-corrected chi connectivity index (χ2v) is 8.92. The van der Waals surface area contributed by atoms with Crippen LogP contribution in [-0.4, -0.2) is 52.8 Å². The van der Waals surface area contributed by atoms with Crippen LogP contribution in [0.1, 0.15) is 55.5 Å². The van der Waals surface area contributed by atoms with Crippen molar-refractivity contribution >= 4 is 30.7 Å². The second-order valence-electron chi connectivity index (χ2n) is 8.92. The fraction of sp³-hybridized carbons (Fsp3) is 0.375. The van der Waals surface area contributed by atoms with Crippen molar-refractivity contribution in [1.82, 2.24) is 9.91 Å². The van der Waals surface area contributed by atoms with E-state index in [-0.39, 0.29) is 41.1 Å². The number of fused-ring (bicyclic) bond motifs is 1. The Hall–Kier alpha value is -3.95. The second kappa shape index (κ2) is 10.3. The van der Waals surface area contributed by atoms with E-state index in [2.05, 4.69) is 68.4 Å². The van der Waals surface area contributed by atoms with E-state index in [0.717, 1.165) is 23.4 Å². The van der Waals surface area contributed by atoms with Crippen molar-refractivity contribution in [2.45, 2.75) is 52.0 Å². The average molecular weight is 468 g/mol. The van der Waals surface area contributed by atoms with Crippen LogP contribution in [0.4, 0.5) is 0 Å². The fourth-order valence-electron chi connectivity index (χ4n) is 4.41. The molecule has 1 atom stereocenters. The van der Waals surface area contributed by atoms with Crippen LogP contribution < -0.4 is 0 Å². The molecule has 0 radical (unpaired) electrons. The van der Waals surface area contributed by atoms with Crippen molar-refractivity contribution < 1.29 is 19.5 Å². The van der Waals surface area contributed by atoms with Gasteiger partial charge in [-0.1, -0.05) is 39.5 Å². The third-order valence-corrected chi connectivity index (χ3v) is 5.92. The lowest BCUT2D eigenvalue weighted by atomic mass is 9.81. The number of carboxylic acid groups (broad SMARTS) is 1. The van der Waals surface area contributed by atoms with E-state index in [4.69, 9.17) is 9.90 Å². The lowest BCUT2D eigenvalue weighted by molar-refractivity contribution is -0.129. The zero-order valence-electron chi connectivity index (χ0n) is 20.0. The number of nitrogens with zero attached hydrogens (tertiary/aromatic N) is 5. The maximum Gasteiger partial charge on any atom is 0.335 e. The van der Waals surface area contributed by atoms with Crippen LogP contribution in [0.25, 0.3) is 0 Å². The Bertz CT molecular complexity index is 1110. The summed E-state index contributed by atoms with van der Waals surface area (Å²) in [5.74, 6) is -1.44. The number of amides is 2. The van der Waals surface area contributed by atoms with Crippen molar-refractivity contribution in [2.24, 2.45) is 15.3 Å². The van der Waals surface area contributed by atoms with Gasteiger partial charge < -0.3 is 10.0 Å². The van der Waals surface area contributed by atoms with E-state index in [1.54, 1.807) is 11.9 Å². The molecule has 0 saturated heterocycles. The molecule has 1 aliphatic heterocycles. The van der Waals surface area contributed by atoms with Crippen LogP contribution in [0.3, 0.4) is 0 Å². The lowest BCUT2D eigenvalue weighted by Gasteiger charge is -2.31. The van der Waals surface area contributed by atoms with Crippen molar-refractivity contribution in [3.05, 3.63) is 63.5 Å². The van der Waals surface area contributed by atoms with Gasteiger partial charge in [0.15, 0.2) is 0 Å². The van der Waals surface area contributed by atoms with Gasteiger partial charge in [0.25, 0.3) is 12.4 Å². The normalized spacial score (nSPS) is 16.9. The highest BCUT2D eigenvalue weighted by Crippen LogP contribution is 2.41. The van der Waals surface area contributed by atoms with Gasteiger partial charge >= 0.3 is 5.91 Å². The van der Waals surface area contributed by atoms with Crippen molar-refractivity contribution in [2.75, 3.05) is 7.05 Å². The molecule has 34 heavy (non-hydrogen) atoms. The van der Waals surface area contributed by atoms with Gasteiger partial charge in [-0.3, -0.25) is 14.4 Å². The summed E-state index contributed by atoms with van der Waals surface area (Å²) in [7, 11) is 1.71. The van der Waals surface area contributed by atoms with Crippen LogP contribution in [-0.2, 0) is 26.2 Å². The Morgan fingerprint density at radius 1 is 1.32 bits per heavy atom. The molecule has 1 aliphatic carbocycles. The van der Waals surface area contributed by atoms with Crippen LogP contribution in [0.5, 0.6) is 0 Å². The highest BCUT2D eigenvalue weighted by Gasteiger charge is 2.35. The molecule has 0 spiro atoms. The molecule has 1 unspecified atom stereocenters. The van der Waals surface area contributed by atoms with Gasteiger partial charge in [-0.2, -0.15) is 5.10 Å². The number of benzene rings is 1. The van der Waals surface area contributed by atoms with Crippen LogP contribution in [0, 0.1) is 11.8 Å². The third kappa shape index (κ3) is 5.00. The topological polar surface area (TPSA) is 132 Å². The molecule has 3 rings (SSSR count). The summed E-state index contributed by atoms with van der Waals surface area (Å²) < 4.78 is 0. The molecule has 1 aromatic rings. The first-order valence-corrected chi connectivity index (χ1v) is 10.5. The van der Waals surface area contributed by atoms with E-state index in [0.29, 0.717) is 0 Å². The molecule has 10 heteroatoms. The third-order valence-electron chi connectivity index (χ3n) is 5.92. The van der Waals surface area contributed by atoms with Crippen LogP contribution in [0.15, 0.2) is 51.6 Å². The molecule has 2 amide bonds. The smallest absolute Gasteiger partial charge is 0.335 e. The standard InChI is InChI=1S/C23H27N5O3.CH2O2/c1-13-15-9-11-19(16(15)8-10-17(13)23(3,4)5)27(7)22(30)20-12-18(21(29)26-31)25-14(2)28(20)24-6;2-1-3/h8,10,12,19H,2,6,9,11H2,1,3-5,7H3;1H,(H,2,3). The summed E-state index contributed by atoms with van der Waals surface area (Å²) in [5.41, 5.74) is 4.79. The first-order chi connectivity index (χ1) is 15.9. The lowest BCUT2D eigenvalue weighted by Crippen LogP contribution is -2.38. The first-order valence-electron chi connectivity index (χ1n) is 10.5. The number of rotatable bonds is 4. The van der Waals surface area contributed by atoms with Crippen molar-refractivity contribution in [3.63, 3.8) is 0 Å². The minimum Gasteiger partial charge on any atom is -0.483 e. The number of likely N-dealkylation sites (N-methyl/N-ethyl adjacent to an activating group) is 1. The Morgan fingerprint density at radius 3 is 2.47 bits per heavy atom. The average Bonchev–Trinajstić information content (AvgIpc) is 3.22. The number of carbonyl (C=O) groups excluding carboxylic acids is 2. The molecule has 1 N–H and O–H groups in total. The SMILES string of the molecule is C=NN1C(=C)N=C(C(=O)N=O)C=C1C(=O)N(C)C1CCc2c1ccc(C(C)(C)C)c2C.O=CO. The molecule has 10 nitrogen and oxygen atoms in total. The molecule has 0 fully saturated rings. The largest absolute Gasteiger partial charge is 0.483 e. The van der Waals surface area contributed by atoms with E-state index < -0.39 is 5.91 Å². The predicted molar refractivity (Wildman–Crippen MR) is 129 cm³/mol. The van der Waals surface area contributed by atoms with Crippen molar-refractivity contribution in [3.8, 4) is 0 Å². The van der Waals surface area contributed by atoms with Gasteiger partial charge in [-0.25, -0.2) is 10.0 Å². The van der Waals surface area contributed by atoms with Gasteiger partial charge in [-0.05, 0) is 47.4 Å². The summed E-state index contributed by atoms with van der Waals surface area (Å²) >= 11 is 0. The summed E-state index contributed by atoms with van der Waals surface area (Å²) in [6.45, 7) is 15.6. The maximum absolute atomic E-state index is 13.4. The molecular weight excluding hydrogens is 438 g/mol. The maximum atomic E-state index is 13.4. The van der Waals surface area contributed by atoms with Gasteiger partial charge in [0, 0.05) is 25.0 Å². The molecular formula is C24H29N5O5. The molecule has 180 valence electrons. The Morgan fingerprint density at radius 2 is 1.94 bits per heavy atom. The quantitative estimate of drug-likeness (QED) is 0.410. The molecule has 2 aliphatic rings. The van der Waals surface area contributed by atoms with E-state index in [1.807, 2.05) is 0 Å². The zero-order chi connectivity index (χ0) is 25.8. The summed E-state index contributed by atoms with van der Waals surface area (Å²) in [6.07, 6.45) is 2.87. The number of nitroso groups, excluding NO2 is 1. The molecule has 0 aromatic heterocycles. The molecule has 1 heterocycles. The number of hydrazone groups is 1. The first kappa shape index (κ1) is 26.3. The van der Waals surface area contributed by atoms with Gasteiger partial charge in [0.1, 0.15) is 17.2 Å². The Balaban J connectivity index is 0.00000129. The summed E-state index contributed by atoms with van der Waals surface area (Å²) in [5, 5.41) is 14.2. The van der Waals surface area contributed by atoms with Gasteiger partial charge in [0.2, 0.25) is 0 Å². The highest BCUT2D eigenvalue weighted by molar-refractivity contribution is 6.44. The monoisotopic (exact) mass is 467 g/mol. The van der Waals surface area contributed by atoms with Gasteiger partial charge in [-0.15, -0.1) is 4.91 Å². The molecule has 0 saturated carbocycles. The van der Waals surface area contributed by atoms with E-state index in [1.165, 1.54) is 22.8 Å². The summed E-state index contributed by atoms with van der Waals surface area (Å²) in [4.78, 5) is 49.7. The summed E-state index contributed by atoms with van der Waals surface area (Å²) in [6, 6.07) is 4.12. The van der Waals surface area contributed by atoms with Crippen molar-refractivity contribution in [1.29, 1.82) is 0 Å². The number of hydrogen-bond acceptors (Lipinski definition) is 7. The molecule has 1 aromatic carbocycles. The fourth-order valence-corrected chi connectivity index (χ4v) is 4.41. The van der Waals surface area contributed by atoms with E-state index >= 15 is 0 Å². The number of carbonyl (C=O) groups is 3. The van der Waals surface area contributed by atoms with Gasteiger partial charge in [0.05, 0.1) is 6.04 Å². The Kier molecular flexibility index (Phi) is 7.99. The molecule has 0 bridgehead atoms. The minimum atomic E-state index is -1.07. The predicted octanol–water partition coefficient (Wildman–Crippen LogP) is 3.46. The highest BCUT2D eigenvalue weighted by atomic mass is 16.3. The Labute approximate surface area is 198 Å².